The zero-order chi connectivity index (χ0) is 11.3. The van der Waals surface area contributed by atoms with Gasteiger partial charge < -0.3 is 10.3 Å². The Hall–Kier alpha value is -1.56. The largest absolute Gasteiger partial charge is 0.369 e. The van der Waals surface area contributed by atoms with Crippen LogP contribution in [0.25, 0.3) is 11.0 Å². The smallest absolute Gasteiger partial charge is 0.201 e. The van der Waals surface area contributed by atoms with E-state index in [9.17, 15) is 8.42 Å². The summed E-state index contributed by atoms with van der Waals surface area (Å²) >= 11 is 0. The molecule has 0 aliphatic carbocycles. The van der Waals surface area contributed by atoms with E-state index >= 15 is 0 Å². The van der Waals surface area contributed by atoms with E-state index in [1.807, 2.05) is 28.8 Å². The van der Waals surface area contributed by atoms with Crippen molar-refractivity contribution >= 4 is 26.8 Å². The summed E-state index contributed by atoms with van der Waals surface area (Å²) in [6.45, 7) is 0. The molecule has 2 aromatic rings. The average Bonchev–Trinajstić information content (AvgIpc) is 2.50. The van der Waals surface area contributed by atoms with E-state index < -0.39 is 9.84 Å². The number of hydrogen-bond acceptors (Lipinski definition) is 4. The quantitative estimate of drug-likeness (QED) is 0.787. The number of imidazole rings is 1. The molecule has 1 saturated heterocycles. The van der Waals surface area contributed by atoms with Gasteiger partial charge in [-0.15, -0.1) is 0 Å². The first kappa shape index (κ1) is 9.65. The number of rotatable bonds is 1. The average molecular weight is 237 g/mol. The minimum atomic E-state index is -2.85. The maximum atomic E-state index is 11.2. The first-order valence-corrected chi connectivity index (χ1v) is 6.82. The number of fused-ring (bicyclic) bond motifs is 1. The van der Waals surface area contributed by atoms with Gasteiger partial charge in [0.15, 0.2) is 9.84 Å². The van der Waals surface area contributed by atoms with E-state index in [0.717, 1.165) is 11.0 Å². The molecule has 1 aliphatic heterocycles. The van der Waals surface area contributed by atoms with Gasteiger partial charge in [-0.05, 0) is 12.1 Å². The van der Waals surface area contributed by atoms with Gasteiger partial charge >= 0.3 is 0 Å². The topological polar surface area (TPSA) is 78.0 Å². The maximum Gasteiger partial charge on any atom is 0.201 e. The van der Waals surface area contributed by atoms with Crippen LogP contribution in [-0.4, -0.2) is 29.5 Å². The Morgan fingerprint density at radius 3 is 2.69 bits per heavy atom. The third-order valence-electron chi connectivity index (χ3n) is 2.88. The lowest BCUT2D eigenvalue weighted by Gasteiger charge is -2.28. The lowest BCUT2D eigenvalue weighted by atomic mass is 10.3. The summed E-state index contributed by atoms with van der Waals surface area (Å²) in [6.07, 6.45) is 0. The molecule has 1 fully saturated rings. The van der Waals surface area contributed by atoms with Gasteiger partial charge in [0, 0.05) is 0 Å². The third kappa shape index (κ3) is 1.30. The molecule has 1 aromatic carbocycles. The Morgan fingerprint density at radius 1 is 1.31 bits per heavy atom. The highest BCUT2D eigenvalue weighted by Crippen LogP contribution is 2.30. The zero-order valence-electron chi connectivity index (χ0n) is 8.50. The summed E-state index contributed by atoms with van der Waals surface area (Å²) < 4.78 is 24.1. The van der Waals surface area contributed by atoms with Crippen LogP contribution in [0.5, 0.6) is 0 Å². The SMILES string of the molecule is Nc1nc2ccccc2n1C1CS(=O)(=O)C1. The first-order chi connectivity index (χ1) is 7.57. The van der Waals surface area contributed by atoms with E-state index in [1.54, 1.807) is 0 Å². The molecule has 1 aromatic heterocycles. The molecule has 0 unspecified atom stereocenters. The van der Waals surface area contributed by atoms with Crippen molar-refractivity contribution in [3.63, 3.8) is 0 Å². The highest BCUT2D eigenvalue weighted by Gasteiger charge is 2.36. The van der Waals surface area contributed by atoms with Crippen LogP contribution in [0.1, 0.15) is 6.04 Å². The standard InChI is InChI=1S/C10H11N3O2S/c11-10-12-8-3-1-2-4-9(8)13(10)7-5-16(14,15)6-7/h1-4,7H,5-6H2,(H2,11,12). The fourth-order valence-electron chi connectivity index (χ4n) is 2.13. The van der Waals surface area contributed by atoms with Gasteiger partial charge in [-0.3, -0.25) is 0 Å². The second kappa shape index (κ2) is 2.98. The molecule has 6 heteroatoms. The van der Waals surface area contributed by atoms with Crippen LogP contribution in [0.15, 0.2) is 24.3 Å². The predicted molar refractivity (Wildman–Crippen MR) is 61.8 cm³/mol. The Kier molecular flexibility index (Phi) is 1.79. The van der Waals surface area contributed by atoms with Crippen LogP contribution in [0.2, 0.25) is 0 Å². The predicted octanol–water partition coefficient (Wildman–Crippen LogP) is 0.588. The van der Waals surface area contributed by atoms with Crippen molar-refractivity contribution in [2.75, 3.05) is 17.2 Å². The lowest BCUT2D eigenvalue weighted by molar-refractivity contribution is 0.518. The van der Waals surface area contributed by atoms with Gasteiger partial charge in [0.1, 0.15) is 0 Å². The van der Waals surface area contributed by atoms with Crippen LogP contribution < -0.4 is 5.73 Å². The number of benzene rings is 1. The second-order valence-corrected chi connectivity index (χ2v) is 6.21. The number of hydrogen-bond donors (Lipinski definition) is 1. The van der Waals surface area contributed by atoms with Crippen molar-refractivity contribution in [3.05, 3.63) is 24.3 Å². The third-order valence-corrected chi connectivity index (χ3v) is 4.67. The minimum absolute atomic E-state index is 0.0580. The van der Waals surface area contributed by atoms with E-state index in [4.69, 9.17) is 5.73 Å². The highest BCUT2D eigenvalue weighted by molar-refractivity contribution is 7.92. The first-order valence-electron chi connectivity index (χ1n) is 5.00. The summed E-state index contributed by atoms with van der Waals surface area (Å²) in [4.78, 5) is 4.21. The molecule has 2 N–H and O–H groups in total. The number of anilines is 1. The molecule has 0 spiro atoms. The van der Waals surface area contributed by atoms with E-state index in [1.165, 1.54) is 0 Å². The van der Waals surface area contributed by atoms with Gasteiger partial charge in [0.25, 0.3) is 0 Å². The normalized spacial score (nSPS) is 19.8. The van der Waals surface area contributed by atoms with Crippen LogP contribution in [-0.2, 0) is 9.84 Å². The Morgan fingerprint density at radius 2 is 2.00 bits per heavy atom. The molecule has 0 bridgehead atoms. The molecule has 0 radical (unpaired) electrons. The zero-order valence-corrected chi connectivity index (χ0v) is 9.31. The number of para-hydroxylation sites is 2. The molecule has 0 atom stereocenters. The van der Waals surface area contributed by atoms with Crippen molar-refractivity contribution in [1.29, 1.82) is 0 Å². The molecule has 1 aliphatic rings. The summed E-state index contributed by atoms with van der Waals surface area (Å²) in [5, 5.41) is 0. The summed E-state index contributed by atoms with van der Waals surface area (Å²) in [7, 11) is -2.85. The number of sulfone groups is 1. The molecule has 0 saturated carbocycles. The maximum absolute atomic E-state index is 11.2. The van der Waals surface area contributed by atoms with Crippen LogP contribution in [0, 0.1) is 0 Å². The molecule has 5 nitrogen and oxygen atoms in total. The summed E-state index contributed by atoms with van der Waals surface area (Å²) in [5.74, 6) is 0.718. The van der Waals surface area contributed by atoms with Crippen LogP contribution in [0.4, 0.5) is 5.95 Å². The molecule has 2 heterocycles. The summed E-state index contributed by atoms with van der Waals surface area (Å²) in [5.41, 5.74) is 7.52. The number of aromatic nitrogens is 2. The number of nitrogens with two attached hydrogens (primary N) is 1. The van der Waals surface area contributed by atoms with Gasteiger partial charge in [0.05, 0.1) is 28.6 Å². The molecule has 3 rings (SSSR count). The van der Waals surface area contributed by atoms with Gasteiger partial charge in [0.2, 0.25) is 5.95 Å². The van der Waals surface area contributed by atoms with Crippen LogP contribution >= 0.6 is 0 Å². The highest BCUT2D eigenvalue weighted by atomic mass is 32.2. The van der Waals surface area contributed by atoms with Gasteiger partial charge in [-0.25, -0.2) is 13.4 Å². The Balaban J connectivity index is 2.13. The van der Waals surface area contributed by atoms with Crippen molar-refractivity contribution < 1.29 is 8.42 Å². The van der Waals surface area contributed by atoms with Crippen LogP contribution in [0.3, 0.4) is 0 Å². The minimum Gasteiger partial charge on any atom is -0.369 e. The fourth-order valence-corrected chi connectivity index (χ4v) is 3.51. The molecular formula is C10H11N3O2S. The van der Waals surface area contributed by atoms with Crippen molar-refractivity contribution in [2.24, 2.45) is 0 Å². The molecular weight excluding hydrogens is 226 g/mol. The number of nitrogen functional groups attached to an aromatic ring is 1. The van der Waals surface area contributed by atoms with E-state index in [2.05, 4.69) is 4.98 Å². The van der Waals surface area contributed by atoms with E-state index in [-0.39, 0.29) is 17.5 Å². The van der Waals surface area contributed by atoms with Gasteiger partial charge in [-0.2, -0.15) is 0 Å². The molecule has 84 valence electrons. The van der Waals surface area contributed by atoms with Crippen molar-refractivity contribution in [1.82, 2.24) is 9.55 Å². The summed E-state index contributed by atoms with van der Waals surface area (Å²) in [6, 6.07) is 7.50. The second-order valence-electron chi connectivity index (χ2n) is 4.06. The van der Waals surface area contributed by atoms with Crippen molar-refractivity contribution in [3.8, 4) is 0 Å². The fraction of sp³-hybridized carbons (Fsp3) is 0.300. The van der Waals surface area contributed by atoms with Gasteiger partial charge in [-0.1, -0.05) is 12.1 Å². The molecule has 16 heavy (non-hydrogen) atoms. The lowest BCUT2D eigenvalue weighted by Crippen LogP contribution is -2.38. The monoisotopic (exact) mass is 237 g/mol. The Labute approximate surface area is 92.8 Å². The number of nitrogens with zero attached hydrogens (tertiary/aromatic N) is 2. The van der Waals surface area contributed by atoms with Crippen molar-refractivity contribution in [2.45, 2.75) is 6.04 Å². The molecule has 0 amide bonds. The Bertz CT molecular complexity index is 648. The van der Waals surface area contributed by atoms with E-state index in [0.29, 0.717) is 5.95 Å².